The molecular weight excluding hydrogens is 490 g/mol. The van der Waals surface area contributed by atoms with Crippen LogP contribution in [0.5, 0.6) is 5.75 Å². The average molecular weight is 524 g/mol. The minimum absolute atomic E-state index is 0.00158. The number of hydrogen-bond acceptors (Lipinski definition) is 6. The van der Waals surface area contributed by atoms with Gasteiger partial charge in [0.05, 0.1) is 25.5 Å². The fourth-order valence-electron chi connectivity index (χ4n) is 5.23. The second kappa shape index (κ2) is 10.3. The number of hydrogen-bond donors (Lipinski definition) is 0. The first-order chi connectivity index (χ1) is 18.9. The van der Waals surface area contributed by atoms with Gasteiger partial charge in [-0.1, -0.05) is 57.2 Å². The van der Waals surface area contributed by atoms with Gasteiger partial charge in [-0.25, -0.2) is 9.97 Å². The topological polar surface area (TPSA) is 82.4 Å². The fourth-order valence-corrected chi connectivity index (χ4v) is 5.23. The van der Waals surface area contributed by atoms with Crippen LogP contribution in [0.2, 0.25) is 0 Å². The van der Waals surface area contributed by atoms with Crippen LogP contribution in [0, 0.1) is 5.41 Å². The van der Waals surface area contributed by atoms with Crippen LogP contribution < -0.4 is 4.74 Å². The summed E-state index contributed by atoms with van der Waals surface area (Å²) in [4.78, 5) is 24.3. The first kappa shape index (κ1) is 25.2. The highest BCUT2D eigenvalue weighted by Crippen LogP contribution is 2.37. The molecule has 0 unspecified atom stereocenters. The summed E-state index contributed by atoms with van der Waals surface area (Å²) in [5.41, 5.74) is 6.08. The average Bonchev–Trinajstić information content (AvgIpc) is 3.34. The molecule has 8 heteroatoms. The Labute approximate surface area is 228 Å². The van der Waals surface area contributed by atoms with Crippen molar-refractivity contribution in [2.24, 2.45) is 5.41 Å². The van der Waals surface area contributed by atoms with Crippen LogP contribution in [0.25, 0.3) is 22.5 Å². The molecule has 2 aliphatic heterocycles. The van der Waals surface area contributed by atoms with Crippen LogP contribution in [0.15, 0.2) is 67.1 Å². The first-order valence-corrected chi connectivity index (χ1v) is 13.5. The minimum atomic E-state index is -0.0117. The normalized spacial score (nSPS) is 16.2. The zero-order chi connectivity index (χ0) is 27.0. The van der Waals surface area contributed by atoms with Crippen molar-refractivity contribution in [3.63, 3.8) is 0 Å². The van der Waals surface area contributed by atoms with E-state index in [2.05, 4.69) is 55.0 Å². The fraction of sp³-hybridized carbons (Fsp3) is 0.355. The van der Waals surface area contributed by atoms with Gasteiger partial charge >= 0.3 is 0 Å². The number of carbonyl (C=O) groups excluding carboxylic acids is 1. The molecule has 39 heavy (non-hydrogen) atoms. The zero-order valence-corrected chi connectivity index (χ0v) is 22.6. The minimum Gasteiger partial charge on any atom is -0.489 e. The van der Waals surface area contributed by atoms with Crippen molar-refractivity contribution in [2.45, 2.75) is 39.8 Å². The molecular formula is C31H33N5O3. The van der Waals surface area contributed by atoms with Gasteiger partial charge in [-0.05, 0) is 40.8 Å². The Morgan fingerprint density at radius 2 is 1.79 bits per heavy atom. The predicted molar refractivity (Wildman–Crippen MR) is 148 cm³/mol. The second-order valence-corrected chi connectivity index (χ2v) is 11.1. The number of amides is 1. The van der Waals surface area contributed by atoms with Crippen LogP contribution in [0.4, 0.5) is 0 Å². The maximum Gasteiger partial charge on any atom is 0.272 e. The van der Waals surface area contributed by atoms with Crippen LogP contribution in [-0.2, 0) is 17.9 Å². The van der Waals surface area contributed by atoms with Crippen LogP contribution in [0.1, 0.15) is 48.3 Å². The van der Waals surface area contributed by atoms with E-state index in [0.717, 1.165) is 22.4 Å². The maximum atomic E-state index is 13.8. The highest BCUT2D eigenvalue weighted by atomic mass is 16.5. The Morgan fingerprint density at radius 1 is 1.03 bits per heavy atom. The van der Waals surface area contributed by atoms with Gasteiger partial charge in [-0.2, -0.15) is 5.10 Å². The Bertz CT molecular complexity index is 1460. The molecule has 2 aromatic heterocycles. The van der Waals surface area contributed by atoms with Gasteiger partial charge in [0.1, 0.15) is 30.1 Å². The Balaban J connectivity index is 1.29. The van der Waals surface area contributed by atoms with E-state index in [0.29, 0.717) is 62.5 Å². The molecule has 0 saturated carbocycles. The number of ether oxygens (including phenoxy) is 2. The quantitative estimate of drug-likeness (QED) is 0.316. The van der Waals surface area contributed by atoms with E-state index >= 15 is 0 Å². The monoisotopic (exact) mass is 523 g/mol. The summed E-state index contributed by atoms with van der Waals surface area (Å²) in [6.07, 6.45) is 3.20. The lowest BCUT2D eigenvalue weighted by molar-refractivity contribution is -0.111. The van der Waals surface area contributed by atoms with E-state index in [-0.39, 0.29) is 11.3 Å². The molecule has 2 aliphatic rings. The Hall–Kier alpha value is -4.04. The molecule has 0 atom stereocenters. The van der Waals surface area contributed by atoms with Crippen molar-refractivity contribution < 1.29 is 14.3 Å². The summed E-state index contributed by atoms with van der Waals surface area (Å²) in [5, 5.41) is 4.85. The highest BCUT2D eigenvalue weighted by molar-refractivity contribution is 6.03. The van der Waals surface area contributed by atoms with E-state index < -0.39 is 0 Å². The number of rotatable bonds is 8. The third-order valence-corrected chi connectivity index (χ3v) is 7.52. The molecule has 2 aromatic carbocycles. The molecule has 1 fully saturated rings. The largest absolute Gasteiger partial charge is 0.489 e. The summed E-state index contributed by atoms with van der Waals surface area (Å²) in [6, 6.07) is 18.3. The number of nitrogens with zero attached hydrogens (tertiary/aromatic N) is 5. The third-order valence-electron chi connectivity index (χ3n) is 7.52. The van der Waals surface area contributed by atoms with Gasteiger partial charge in [0.2, 0.25) is 0 Å². The Kier molecular flexibility index (Phi) is 6.64. The summed E-state index contributed by atoms with van der Waals surface area (Å²) in [6.45, 7) is 10.3. The number of fused-ring (bicyclic) bond motifs is 1. The van der Waals surface area contributed by atoms with Gasteiger partial charge in [-0.3, -0.25) is 9.48 Å². The molecule has 0 bridgehead atoms. The van der Waals surface area contributed by atoms with Crippen molar-refractivity contribution >= 4 is 5.91 Å². The molecule has 0 aliphatic carbocycles. The van der Waals surface area contributed by atoms with E-state index in [4.69, 9.17) is 14.6 Å². The lowest BCUT2D eigenvalue weighted by Gasteiger charge is -2.42. The Morgan fingerprint density at radius 3 is 2.44 bits per heavy atom. The van der Waals surface area contributed by atoms with E-state index in [1.807, 2.05) is 39.9 Å². The number of aromatic nitrogens is 4. The van der Waals surface area contributed by atoms with Crippen molar-refractivity contribution in [3.05, 3.63) is 83.9 Å². The SMILES string of the molecule is CC(C)c1ccc(COc2ccc(-c3c(-c4ccncn4)nn4c3C(=O)N(CC3(C)COC3)CC4)cc2)cc1. The summed E-state index contributed by atoms with van der Waals surface area (Å²) in [5.74, 6) is 1.26. The van der Waals surface area contributed by atoms with Gasteiger partial charge in [0.25, 0.3) is 5.91 Å². The zero-order valence-electron chi connectivity index (χ0n) is 22.6. The molecule has 4 heterocycles. The molecule has 200 valence electrons. The first-order valence-electron chi connectivity index (χ1n) is 13.5. The third kappa shape index (κ3) is 5.04. The van der Waals surface area contributed by atoms with Crippen LogP contribution in [-0.4, -0.2) is 56.9 Å². The molecule has 0 N–H and O–H groups in total. The lowest BCUT2D eigenvalue weighted by atomic mass is 9.87. The van der Waals surface area contributed by atoms with Crippen molar-refractivity contribution in [1.29, 1.82) is 0 Å². The van der Waals surface area contributed by atoms with Crippen molar-refractivity contribution in [3.8, 4) is 28.3 Å². The lowest BCUT2D eigenvalue weighted by Crippen LogP contribution is -2.52. The standard InChI is InChI=1S/C31H33N5O3/c1-21(2)23-6-4-22(5-7-23)16-39-25-10-8-24(9-11-25)27-28(26-12-13-32-20-33-26)34-36-15-14-35(30(37)29(27)36)17-31(3)18-38-19-31/h4-13,20-21H,14-19H2,1-3H3. The van der Waals surface area contributed by atoms with Gasteiger partial charge in [-0.15, -0.1) is 0 Å². The molecule has 4 aromatic rings. The smallest absolute Gasteiger partial charge is 0.272 e. The van der Waals surface area contributed by atoms with Gasteiger partial charge in [0, 0.05) is 30.3 Å². The molecule has 0 radical (unpaired) electrons. The predicted octanol–water partition coefficient (Wildman–Crippen LogP) is 5.20. The van der Waals surface area contributed by atoms with Crippen molar-refractivity contribution in [1.82, 2.24) is 24.6 Å². The number of benzene rings is 2. The highest BCUT2D eigenvalue weighted by Gasteiger charge is 2.40. The summed E-state index contributed by atoms with van der Waals surface area (Å²) in [7, 11) is 0. The van der Waals surface area contributed by atoms with E-state index in [1.54, 1.807) is 6.20 Å². The number of carbonyl (C=O) groups is 1. The maximum absolute atomic E-state index is 13.8. The molecule has 1 saturated heterocycles. The van der Waals surface area contributed by atoms with Crippen LogP contribution in [0.3, 0.4) is 0 Å². The molecule has 0 spiro atoms. The van der Waals surface area contributed by atoms with Crippen LogP contribution >= 0.6 is 0 Å². The molecule has 8 nitrogen and oxygen atoms in total. The molecule has 6 rings (SSSR count). The van der Waals surface area contributed by atoms with E-state index in [1.165, 1.54) is 11.9 Å². The summed E-state index contributed by atoms with van der Waals surface area (Å²) >= 11 is 0. The van der Waals surface area contributed by atoms with Gasteiger partial charge < -0.3 is 14.4 Å². The van der Waals surface area contributed by atoms with E-state index in [9.17, 15) is 4.79 Å². The molecule has 1 amide bonds. The second-order valence-electron chi connectivity index (χ2n) is 11.1. The van der Waals surface area contributed by atoms with Gasteiger partial charge in [0.15, 0.2) is 0 Å². The van der Waals surface area contributed by atoms with Crippen molar-refractivity contribution in [2.75, 3.05) is 26.3 Å². The summed E-state index contributed by atoms with van der Waals surface area (Å²) < 4.78 is 13.3.